The highest BCUT2D eigenvalue weighted by Crippen LogP contribution is 2.45. The maximum absolute atomic E-state index is 13.4. The Labute approximate surface area is 211 Å². The third-order valence-corrected chi connectivity index (χ3v) is 7.23. The summed E-state index contributed by atoms with van der Waals surface area (Å²) in [7, 11) is 1.54. The maximum atomic E-state index is 13.4. The van der Waals surface area contributed by atoms with Crippen LogP contribution >= 0.6 is 22.9 Å². The van der Waals surface area contributed by atoms with E-state index < -0.39 is 17.7 Å². The molecular weight excluding hydrogens is 484 g/mol. The summed E-state index contributed by atoms with van der Waals surface area (Å²) in [5.74, 6) is -1.20. The Bertz CT molecular complexity index is 1520. The number of methoxy groups -OCH3 is 1. The summed E-state index contributed by atoms with van der Waals surface area (Å²) in [6.45, 7) is 3.96. The minimum Gasteiger partial charge on any atom is -0.507 e. The van der Waals surface area contributed by atoms with Gasteiger partial charge < -0.3 is 9.84 Å². The number of carbonyl (C=O) groups excluding carboxylic acids is 2. The zero-order valence-electron chi connectivity index (χ0n) is 19.2. The smallest absolute Gasteiger partial charge is 0.301 e. The predicted molar refractivity (Wildman–Crippen MR) is 138 cm³/mol. The number of halogens is 1. The van der Waals surface area contributed by atoms with Crippen molar-refractivity contribution in [2.75, 3.05) is 12.0 Å². The molecule has 1 amide bonds. The number of aryl methyl sites for hydroxylation is 2. The molecule has 1 aliphatic heterocycles. The summed E-state index contributed by atoms with van der Waals surface area (Å²) < 4.78 is 6.11. The highest BCUT2D eigenvalue weighted by Gasteiger charge is 2.48. The van der Waals surface area contributed by atoms with Gasteiger partial charge in [0.1, 0.15) is 11.5 Å². The fourth-order valence-electron chi connectivity index (χ4n) is 4.39. The average molecular weight is 505 g/mol. The molecule has 1 N–H and O–H groups in total. The van der Waals surface area contributed by atoms with E-state index in [-0.39, 0.29) is 11.3 Å². The highest BCUT2D eigenvalue weighted by atomic mass is 35.5. The molecule has 6 nitrogen and oxygen atoms in total. The highest BCUT2D eigenvalue weighted by molar-refractivity contribution is 7.22. The second-order valence-corrected chi connectivity index (χ2v) is 9.82. The molecule has 5 rings (SSSR count). The largest absolute Gasteiger partial charge is 0.507 e. The van der Waals surface area contributed by atoms with E-state index in [0.29, 0.717) is 27.0 Å². The summed E-state index contributed by atoms with van der Waals surface area (Å²) in [6, 6.07) is 16.7. The van der Waals surface area contributed by atoms with E-state index in [1.807, 2.05) is 26.0 Å². The molecule has 0 bridgehead atoms. The maximum Gasteiger partial charge on any atom is 0.301 e. The van der Waals surface area contributed by atoms with Crippen molar-refractivity contribution in [2.24, 2.45) is 0 Å². The molecule has 1 aliphatic rings. The molecule has 1 saturated heterocycles. The first-order valence-electron chi connectivity index (χ1n) is 10.9. The summed E-state index contributed by atoms with van der Waals surface area (Å²) in [6.07, 6.45) is 0. The molecule has 1 fully saturated rings. The Morgan fingerprint density at radius 1 is 1.09 bits per heavy atom. The first kappa shape index (κ1) is 23.1. The summed E-state index contributed by atoms with van der Waals surface area (Å²) in [4.78, 5) is 32.8. The second-order valence-electron chi connectivity index (χ2n) is 8.38. The number of thiazole rings is 1. The number of aromatic nitrogens is 1. The van der Waals surface area contributed by atoms with Gasteiger partial charge in [0, 0.05) is 10.6 Å². The number of amides is 1. The number of hydrogen-bond donors (Lipinski definition) is 1. The third kappa shape index (κ3) is 3.96. The Balaban J connectivity index is 1.73. The van der Waals surface area contributed by atoms with Crippen molar-refractivity contribution in [3.8, 4) is 5.75 Å². The number of ketones is 1. The third-order valence-electron chi connectivity index (χ3n) is 6.00. The molecule has 2 heterocycles. The van der Waals surface area contributed by atoms with E-state index >= 15 is 0 Å². The quantitative estimate of drug-likeness (QED) is 0.203. The molecule has 176 valence electrons. The van der Waals surface area contributed by atoms with Crippen LogP contribution in [0, 0.1) is 13.8 Å². The number of anilines is 1. The molecule has 35 heavy (non-hydrogen) atoms. The molecule has 8 heteroatoms. The number of Topliss-reactive ketones (excluding diaryl/α,β-unsaturated/α-hetero) is 1. The van der Waals surface area contributed by atoms with Crippen molar-refractivity contribution >= 4 is 55.7 Å². The van der Waals surface area contributed by atoms with Crippen LogP contribution in [0.1, 0.15) is 28.3 Å². The van der Waals surface area contributed by atoms with Gasteiger partial charge in [-0.25, -0.2) is 4.98 Å². The van der Waals surface area contributed by atoms with Crippen LogP contribution in [0.4, 0.5) is 5.13 Å². The normalized spacial score (nSPS) is 17.4. The second kappa shape index (κ2) is 8.83. The zero-order valence-corrected chi connectivity index (χ0v) is 20.8. The van der Waals surface area contributed by atoms with Crippen LogP contribution in [0.25, 0.3) is 16.0 Å². The van der Waals surface area contributed by atoms with Gasteiger partial charge in [-0.15, -0.1) is 0 Å². The number of ether oxygens (including phenoxy) is 1. The number of nitrogens with zero attached hydrogens (tertiary/aromatic N) is 2. The number of carbonyl (C=O) groups is 2. The van der Waals surface area contributed by atoms with Crippen molar-refractivity contribution in [2.45, 2.75) is 19.9 Å². The van der Waals surface area contributed by atoms with Crippen LogP contribution in [-0.4, -0.2) is 28.9 Å². The first-order chi connectivity index (χ1) is 16.8. The number of rotatable bonds is 4. The van der Waals surface area contributed by atoms with Crippen LogP contribution < -0.4 is 9.64 Å². The van der Waals surface area contributed by atoms with E-state index in [1.54, 1.807) is 55.6 Å². The van der Waals surface area contributed by atoms with Gasteiger partial charge in [-0.2, -0.15) is 0 Å². The van der Waals surface area contributed by atoms with Crippen molar-refractivity contribution < 1.29 is 19.4 Å². The Hall–Kier alpha value is -3.68. The van der Waals surface area contributed by atoms with Crippen LogP contribution in [0.3, 0.4) is 0 Å². The van der Waals surface area contributed by atoms with Gasteiger partial charge in [0.05, 0.1) is 28.9 Å². The monoisotopic (exact) mass is 504 g/mol. The van der Waals surface area contributed by atoms with E-state index in [4.69, 9.17) is 21.3 Å². The van der Waals surface area contributed by atoms with Gasteiger partial charge in [-0.05, 0) is 73.0 Å². The molecule has 1 unspecified atom stereocenters. The predicted octanol–water partition coefficient (Wildman–Crippen LogP) is 6.20. The Morgan fingerprint density at radius 2 is 1.83 bits per heavy atom. The standard InChI is InChI=1S/C27H21ClN2O4S/c1-14-11-15(2)22-20(12-14)35-27(29-22)30-23(17-5-4-6-18(28)13-17)21(25(32)26(30)33)24(31)16-7-9-19(34-3)10-8-16/h4-13,23,31H,1-3H3/b24-21+. The van der Waals surface area contributed by atoms with Crippen LogP contribution in [0.2, 0.25) is 5.02 Å². The molecule has 0 saturated carbocycles. The Morgan fingerprint density at radius 3 is 2.51 bits per heavy atom. The van der Waals surface area contributed by atoms with E-state index in [9.17, 15) is 14.7 Å². The fraction of sp³-hybridized carbons (Fsp3) is 0.148. The SMILES string of the molecule is COc1ccc(/C(O)=C2\C(=O)C(=O)N(c3nc4c(C)cc(C)cc4s3)C2c2cccc(Cl)c2)cc1. The molecule has 1 aromatic heterocycles. The van der Waals surface area contributed by atoms with Crippen LogP contribution in [-0.2, 0) is 9.59 Å². The van der Waals surface area contributed by atoms with E-state index in [2.05, 4.69) is 0 Å². The van der Waals surface area contributed by atoms with Crippen molar-refractivity contribution in [3.63, 3.8) is 0 Å². The van der Waals surface area contributed by atoms with Gasteiger partial charge in [-0.3, -0.25) is 14.5 Å². The number of benzene rings is 3. The van der Waals surface area contributed by atoms with E-state index in [0.717, 1.165) is 21.3 Å². The zero-order chi connectivity index (χ0) is 24.9. The number of aliphatic hydroxyl groups excluding tert-OH is 1. The fourth-order valence-corrected chi connectivity index (χ4v) is 5.76. The summed E-state index contributed by atoms with van der Waals surface area (Å²) in [5, 5.41) is 12.1. The lowest BCUT2D eigenvalue weighted by molar-refractivity contribution is -0.132. The minimum atomic E-state index is -0.891. The molecule has 0 spiro atoms. The van der Waals surface area contributed by atoms with Crippen LogP contribution in [0.5, 0.6) is 5.75 Å². The number of fused-ring (bicyclic) bond motifs is 1. The summed E-state index contributed by atoms with van der Waals surface area (Å²) in [5.41, 5.74) is 3.81. The number of hydrogen-bond acceptors (Lipinski definition) is 6. The van der Waals surface area contributed by atoms with Crippen molar-refractivity contribution in [3.05, 3.63) is 93.5 Å². The first-order valence-corrected chi connectivity index (χ1v) is 12.1. The van der Waals surface area contributed by atoms with Gasteiger partial charge in [0.2, 0.25) is 0 Å². The van der Waals surface area contributed by atoms with Crippen molar-refractivity contribution in [1.82, 2.24) is 4.98 Å². The average Bonchev–Trinajstić information content (AvgIpc) is 3.37. The molecule has 4 aromatic rings. The molecule has 1 atom stereocenters. The van der Waals surface area contributed by atoms with Gasteiger partial charge in [0.25, 0.3) is 5.78 Å². The van der Waals surface area contributed by atoms with Gasteiger partial charge >= 0.3 is 5.91 Å². The minimum absolute atomic E-state index is 0.0189. The summed E-state index contributed by atoms with van der Waals surface area (Å²) >= 11 is 7.61. The van der Waals surface area contributed by atoms with Gasteiger partial charge in [0.15, 0.2) is 5.13 Å². The van der Waals surface area contributed by atoms with Crippen molar-refractivity contribution in [1.29, 1.82) is 0 Å². The molecule has 0 aliphatic carbocycles. The van der Waals surface area contributed by atoms with E-state index in [1.165, 1.54) is 16.2 Å². The lowest BCUT2D eigenvalue weighted by Crippen LogP contribution is -2.29. The molecule has 3 aromatic carbocycles. The lowest BCUT2D eigenvalue weighted by atomic mass is 9.95. The van der Waals surface area contributed by atoms with Crippen LogP contribution in [0.15, 0.2) is 66.2 Å². The molecular formula is C27H21ClN2O4S. The lowest BCUT2D eigenvalue weighted by Gasteiger charge is -2.23. The number of aliphatic hydroxyl groups is 1. The van der Waals surface area contributed by atoms with Gasteiger partial charge in [-0.1, -0.05) is 41.1 Å². The molecule has 0 radical (unpaired) electrons. The topological polar surface area (TPSA) is 79.7 Å². The Kier molecular flexibility index (Phi) is 5.83.